The zero-order valence-electron chi connectivity index (χ0n) is 15.1. The van der Waals surface area contributed by atoms with Crippen LogP contribution in [0.1, 0.15) is 52.9 Å². The highest BCUT2D eigenvalue weighted by atomic mass is 32.2. The van der Waals surface area contributed by atoms with Gasteiger partial charge in [0.25, 0.3) is 0 Å². The van der Waals surface area contributed by atoms with E-state index in [2.05, 4.69) is 29.8 Å². The minimum atomic E-state index is -0.306. The van der Waals surface area contributed by atoms with Gasteiger partial charge in [0.05, 0.1) is 12.1 Å². The van der Waals surface area contributed by atoms with Gasteiger partial charge in [-0.1, -0.05) is 20.3 Å². The summed E-state index contributed by atoms with van der Waals surface area (Å²) < 4.78 is 0. The SMILES string of the molecule is CC(C)CC(C)(CN)NC(=O)CCCC[C@@H]1SC[C@@H]2NC(=O)N[C@@H]21. The molecule has 3 amide bonds. The van der Waals surface area contributed by atoms with Crippen molar-refractivity contribution < 1.29 is 9.59 Å². The highest BCUT2D eigenvalue weighted by Crippen LogP contribution is 2.33. The summed E-state index contributed by atoms with van der Waals surface area (Å²) in [7, 11) is 0. The van der Waals surface area contributed by atoms with E-state index in [9.17, 15) is 9.59 Å². The molecule has 24 heavy (non-hydrogen) atoms. The molecule has 2 aliphatic rings. The lowest BCUT2D eigenvalue weighted by Crippen LogP contribution is -2.52. The van der Waals surface area contributed by atoms with Gasteiger partial charge in [-0.25, -0.2) is 4.79 Å². The predicted molar refractivity (Wildman–Crippen MR) is 99.0 cm³/mol. The van der Waals surface area contributed by atoms with Crippen molar-refractivity contribution in [3.63, 3.8) is 0 Å². The Bertz CT molecular complexity index is 460. The Morgan fingerprint density at radius 1 is 1.42 bits per heavy atom. The van der Waals surface area contributed by atoms with E-state index >= 15 is 0 Å². The number of amides is 3. The standard InChI is InChI=1S/C17H32N4O2S/c1-11(2)8-17(3,10-18)21-14(22)7-5-4-6-13-15-12(9-24-13)19-16(23)20-15/h11-13,15H,4-10,18H2,1-3H3,(H,21,22)(H2,19,20,23)/t12-,13-,15-,17?/m0/s1. The number of carbonyl (C=O) groups excluding carboxylic acids is 2. The van der Waals surface area contributed by atoms with Crippen LogP contribution in [0.3, 0.4) is 0 Å². The molecule has 4 atom stereocenters. The molecular weight excluding hydrogens is 324 g/mol. The zero-order chi connectivity index (χ0) is 17.7. The molecule has 0 saturated carbocycles. The third-order valence-corrected chi connectivity index (χ3v) is 6.34. The van der Waals surface area contributed by atoms with Crippen LogP contribution in [0.2, 0.25) is 0 Å². The van der Waals surface area contributed by atoms with Crippen molar-refractivity contribution in [2.24, 2.45) is 11.7 Å². The highest BCUT2D eigenvalue weighted by Gasteiger charge is 2.42. The summed E-state index contributed by atoms with van der Waals surface area (Å²) >= 11 is 1.92. The van der Waals surface area contributed by atoms with Crippen LogP contribution in [0.15, 0.2) is 0 Å². The topological polar surface area (TPSA) is 96.2 Å². The number of carbonyl (C=O) groups is 2. The molecule has 0 radical (unpaired) electrons. The van der Waals surface area contributed by atoms with E-state index in [-0.39, 0.29) is 29.6 Å². The molecule has 7 heteroatoms. The van der Waals surface area contributed by atoms with Gasteiger partial charge in [-0.3, -0.25) is 4.79 Å². The van der Waals surface area contributed by atoms with E-state index in [1.807, 2.05) is 18.7 Å². The van der Waals surface area contributed by atoms with Crippen molar-refractivity contribution in [2.75, 3.05) is 12.3 Å². The van der Waals surface area contributed by atoms with Crippen molar-refractivity contribution in [1.29, 1.82) is 0 Å². The van der Waals surface area contributed by atoms with E-state index in [0.29, 0.717) is 24.1 Å². The number of hydrogen-bond donors (Lipinski definition) is 4. The van der Waals surface area contributed by atoms with Crippen LogP contribution in [-0.2, 0) is 4.79 Å². The number of hydrogen-bond acceptors (Lipinski definition) is 4. The van der Waals surface area contributed by atoms with Crippen LogP contribution < -0.4 is 21.7 Å². The fourth-order valence-electron chi connectivity index (χ4n) is 3.76. The Hall–Kier alpha value is -0.950. The summed E-state index contributed by atoms with van der Waals surface area (Å²) in [5.74, 6) is 1.58. The van der Waals surface area contributed by atoms with E-state index in [1.54, 1.807) is 0 Å². The van der Waals surface area contributed by atoms with Crippen LogP contribution in [0, 0.1) is 5.92 Å². The lowest BCUT2D eigenvalue weighted by molar-refractivity contribution is -0.123. The molecule has 2 heterocycles. The molecule has 0 aromatic carbocycles. The van der Waals surface area contributed by atoms with Crippen LogP contribution in [0.4, 0.5) is 4.79 Å². The van der Waals surface area contributed by atoms with Gasteiger partial charge < -0.3 is 21.7 Å². The molecule has 6 nitrogen and oxygen atoms in total. The largest absolute Gasteiger partial charge is 0.350 e. The number of rotatable bonds is 9. The Morgan fingerprint density at radius 2 is 2.17 bits per heavy atom. The van der Waals surface area contributed by atoms with E-state index in [0.717, 1.165) is 31.4 Å². The average Bonchev–Trinajstić information content (AvgIpc) is 3.02. The summed E-state index contributed by atoms with van der Waals surface area (Å²) in [5, 5.41) is 9.54. The number of thioether (sulfide) groups is 1. The third-order valence-electron chi connectivity index (χ3n) is 4.83. The molecule has 0 bridgehead atoms. The number of nitrogens with one attached hydrogen (secondary N) is 3. The molecule has 5 N–H and O–H groups in total. The molecule has 1 unspecified atom stereocenters. The molecule has 2 rings (SSSR count). The van der Waals surface area contributed by atoms with Crippen LogP contribution in [0.25, 0.3) is 0 Å². The van der Waals surface area contributed by atoms with Crippen LogP contribution in [-0.4, -0.2) is 47.1 Å². The van der Waals surface area contributed by atoms with E-state index < -0.39 is 0 Å². The molecule has 138 valence electrons. The summed E-state index contributed by atoms with van der Waals surface area (Å²) in [6, 6.07) is 0.487. The zero-order valence-corrected chi connectivity index (χ0v) is 15.9. The van der Waals surface area contributed by atoms with Gasteiger partial charge in [-0.15, -0.1) is 0 Å². The van der Waals surface area contributed by atoms with Gasteiger partial charge >= 0.3 is 6.03 Å². The quantitative estimate of drug-likeness (QED) is 0.373. The van der Waals surface area contributed by atoms with Crippen molar-refractivity contribution in [3.05, 3.63) is 0 Å². The molecular formula is C17H32N4O2S. The third kappa shape index (κ3) is 5.28. The second-order valence-corrected chi connectivity index (χ2v) is 9.05. The summed E-state index contributed by atoms with van der Waals surface area (Å²) in [6.07, 6.45) is 4.37. The van der Waals surface area contributed by atoms with E-state index in [4.69, 9.17) is 5.73 Å². The van der Waals surface area contributed by atoms with Crippen LogP contribution in [0.5, 0.6) is 0 Å². The van der Waals surface area contributed by atoms with Crippen molar-refractivity contribution in [3.8, 4) is 0 Å². The average molecular weight is 357 g/mol. The van der Waals surface area contributed by atoms with Gasteiger partial charge in [0.15, 0.2) is 0 Å². The van der Waals surface area contributed by atoms with Crippen molar-refractivity contribution in [2.45, 2.75) is 75.7 Å². The van der Waals surface area contributed by atoms with Gasteiger partial charge in [-0.05, 0) is 32.1 Å². The number of unbranched alkanes of at least 4 members (excludes halogenated alkanes) is 1. The van der Waals surface area contributed by atoms with Crippen molar-refractivity contribution in [1.82, 2.24) is 16.0 Å². The normalized spacial score (nSPS) is 28.2. The Morgan fingerprint density at radius 3 is 2.83 bits per heavy atom. The molecule has 0 aromatic rings. The fourth-order valence-corrected chi connectivity index (χ4v) is 5.30. The molecule has 2 saturated heterocycles. The maximum Gasteiger partial charge on any atom is 0.315 e. The Kier molecular flexibility index (Phi) is 6.80. The maximum absolute atomic E-state index is 12.2. The van der Waals surface area contributed by atoms with Gasteiger partial charge in [0, 0.05) is 29.5 Å². The molecule has 0 spiro atoms. The second-order valence-electron chi connectivity index (χ2n) is 7.78. The minimum absolute atomic E-state index is 0.0408. The van der Waals surface area contributed by atoms with E-state index in [1.165, 1.54) is 0 Å². The second kappa shape index (κ2) is 8.43. The van der Waals surface area contributed by atoms with Gasteiger partial charge in [0.2, 0.25) is 5.91 Å². The van der Waals surface area contributed by atoms with Gasteiger partial charge in [-0.2, -0.15) is 11.8 Å². The summed E-state index contributed by atoms with van der Waals surface area (Å²) in [6.45, 7) is 6.77. The fraction of sp³-hybridized carbons (Fsp3) is 0.882. The summed E-state index contributed by atoms with van der Waals surface area (Å²) in [4.78, 5) is 23.5. The molecule has 0 aliphatic carbocycles. The smallest absolute Gasteiger partial charge is 0.315 e. The lowest BCUT2D eigenvalue weighted by atomic mass is 9.90. The number of urea groups is 1. The number of nitrogens with two attached hydrogens (primary N) is 1. The summed E-state index contributed by atoms with van der Waals surface area (Å²) in [5.41, 5.74) is 5.54. The molecule has 2 fully saturated rings. The maximum atomic E-state index is 12.2. The predicted octanol–water partition coefficient (Wildman–Crippen LogP) is 1.59. The first-order chi connectivity index (χ1) is 11.3. The Labute approximate surface area is 149 Å². The molecule has 2 aliphatic heterocycles. The molecule has 0 aromatic heterocycles. The Balaban J connectivity index is 1.65. The first kappa shape index (κ1) is 19.4. The first-order valence-electron chi connectivity index (χ1n) is 9.02. The highest BCUT2D eigenvalue weighted by molar-refractivity contribution is 8.00. The lowest BCUT2D eigenvalue weighted by Gasteiger charge is -2.31. The van der Waals surface area contributed by atoms with Crippen LogP contribution >= 0.6 is 11.8 Å². The monoisotopic (exact) mass is 356 g/mol. The van der Waals surface area contributed by atoms with Crippen molar-refractivity contribution >= 4 is 23.7 Å². The minimum Gasteiger partial charge on any atom is -0.350 e. The first-order valence-corrected chi connectivity index (χ1v) is 10.1. The van der Waals surface area contributed by atoms with Gasteiger partial charge in [0.1, 0.15) is 0 Å². The number of fused-ring (bicyclic) bond motifs is 1.